The normalized spacial score (nSPS) is 11.8. The van der Waals surface area contributed by atoms with Crippen molar-refractivity contribution in [1.82, 2.24) is 20.1 Å². The van der Waals surface area contributed by atoms with E-state index in [0.29, 0.717) is 24.4 Å². The third kappa shape index (κ3) is 4.17. The number of nitrogens with zero attached hydrogens (tertiary/aromatic N) is 3. The van der Waals surface area contributed by atoms with E-state index in [0.717, 1.165) is 21.9 Å². The van der Waals surface area contributed by atoms with Gasteiger partial charge in [0.15, 0.2) is 5.82 Å². The molecule has 150 valence electrons. The van der Waals surface area contributed by atoms with Gasteiger partial charge in [-0.05, 0) is 43.8 Å². The van der Waals surface area contributed by atoms with Crippen LogP contribution in [0.3, 0.4) is 0 Å². The molecule has 0 saturated carbocycles. The van der Waals surface area contributed by atoms with Gasteiger partial charge in [0.2, 0.25) is 0 Å². The summed E-state index contributed by atoms with van der Waals surface area (Å²) in [7, 11) is 0. The number of nitrogens with two attached hydrogens (primary N) is 1. The van der Waals surface area contributed by atoms with Crippen LogP contribution < -0.4 is 11.1 Å². The molecule has 29 heavy (non-hydrogen) atoms. The molecule has 0 saturated heterocycles. The summed E-state index contributed by atoms with van der Waals surface area (Å²) in [5.74, 6) is 0.398. The maximum Gasteiger partial charge on any atom is 0.407 e. The first-order valence-corrected chi connectivity index (χ1v) is 10.3. The number of thiophene rings is 1. The molecule has 0 spiro atoms. The van der Waals surface area contributed by atoms with E-state index < -0.39 is 11.7 Å². The summed E-state index contributed by atoms with van der Waals surface area (Å²) in [5, 5.41) is 11.3. The Kier molecular flexibility index (Phi) is 4.87. The molecule has 0 unspecified atom stereocenters. The summed E-state index contributed by atoms with van der Waals surface area (Å²) < 4.78 is 7.01. The minimum Gasteiger partial charge on any atom is -0.444 e. The van der Waals surface area contributed by atoms with Gasteiger partial charge in [-0.2, -0.15) is 5.10 Å². The lowest BCUT2D eigenvalue weighted by atomic mass is 10.1. The Hall–Kier alpha value is -3.13. The number of carbonyl (C=O) groups is 1. The van der Waals surface area contributed by atoms with E-state index in [4.69, 9.17) is 10.5 Å². The number of nitrogens with one attached hydrogen (secondary N) is 1. The molecule has 0 aliphatic heterocycles. The number of pyridine rings is 1. The molecule has 0 bridgehead atoms. The van der Waals surface area contributed by atoms with Crippen LogP contribution in [-0.2, 0) is 11.3 Å². The molecule has 4 aromatic rings. The molecule has 1 amide bonds. The van der Waals surface area contributed by atoms with Crippen LogP contribution in [0, 0.1) is 0 Å². The summed E-state index contributed by atoms with van der Waals surface area (Å²) >= 11 is 1.69. The van der Waals surface area contributed by atoms with Gasteiger partial charge >= 0.3 is 6.09 Å². The zero-order valence-electron chi connectivity index (χ0n) is 16.6. The summed E-state index contributed by atoms with van der Waals surface area (Å²) in [4.78, 5) is 17.5. The molecular weight excluding hydrogens is 386 g/mol. The first-order chi connectivity index (χ1) is 13.8. The van der Waals surface area contributed by atoms with Crippen molar-refractivity contribution in [1.29, 1.82) is 0 Å². The van der Waals surface area contributed by atoms with Crippen molar-refractivity contribution in [2.24, 2.45) is 0 Å². The van der Waals surface area contributed by atoms with Crippen molar-refractivity contribution in [3.8, 4) is 10.4 Å². The molecule has 1 aromatic carbocycles. The van der Waals surface area contributed by atoms with Crippen LogP contribution in [0.25, 0.3) is 32.2 Å². The lowest BCUT2D eigenvalue weighted by molar-refractivity contribution is 0.0525. The molecule has 3 heterocycles. The fourth-order valence-corrected chi connectivity index (χ4v) is 3.86. The molecule has 0 radical (unpaired) electrons. The average Bonchev–Trinajstić information content (AvgIpc) is 3.30. The topological polar surface area (TPSA) is 95.1 Å². The molecule has 4 rings (SSSR count). The number of fused-ring (bicyclic) bond motifs is 3. The van der Waals surface area contributed by atoms with Crippen molar-refractivity contribution in [2.75, 3.05) is 12.3 Å². The third-order valence-electron chi connectivity index (χ3n) is 4.35. The van der Waals surface area contributed by atoms with Gasteiger partial charge in [-0.15, -0.1) is 11.3 Å². The molecule has 3 aromatic heterocycles. The van der Waals surface area contributed by atoms with Crippen LogP contribution in [0.1, 0.15) is 20.8 Å². The predicted molar refractivity (Wildman–Crippen MR) is 117 cm³/mol. The first-order valence-electron chi connectivity index (χ1n) is 9.37. The molecule has 0 atom stereocenters. The van der Waals surface area contributed by atoms with Crippen LogP contribution >= 0.6 is 11.3 Å². The molecular formula is C21H23N5O2S. The number of anilines is 1. The highest BCUT2D eigenvalue weighted by molar-refractivity contribution is 7.13. The Morgan fingerprint density at radius 1 is 1.28 bits per heavy atom. The van der Waals surface area contributed by atoms with E-state index >= 15 is 0 Å². The fraction of sp³-hybridized carbons (Fsp3) is 0.286. The van der Waals surface area contributed by atoms with E-state index in [1.807, 2.05) is 33.0 Å². The summed E-state index contributed by atoms with van der Waals surface area (Å²) in [6.07, 6.45) is 1.50. The number of amides is 1. The number of aromatic nitrogens is 3. The molecule has 8 heteroatoms. The summed E-state index contributed by atoms with van der Waals surface area (Å²) in [5.41, 5.74) is 8.28. The van der Waals surface area contributed by atoms with Crippen LogP contribution in [0.4, 0.5) is 10.6 Å². The summed E-state index contributed by atoms with van der Waals surface area (Å²) in [6, 6.07) is 10.3. The Morgan fingerprint density at radius 2 is 2.10 bits per heavy atom. The van der Waals surface area contributed by atoms with Gasteiger partial charge in [0, 0.05) is 28.4 Å². The van der Waals surface area contributed by atoms with E-state index in [2.05, 4.69) is 45.0 Å². The predicted octanol–water partition coefficient (Wildman–Crippen LogP) is 4.42. The second kappa shape index (κ2) is 7.36. The monoisotopic (exact) mass is 409 g/mol. The maximum absolute atomic E-state index is 11.8. The minimum absolute atomic E-state index is 0.398. The highest BCUT2D eigenvalue weighted by atomic mass is 32.1. The van der Waals surface area contributed by atoms with Crippen molar-refractivity contribution in [3.05, 3.63) is 41.9 Å². The molecule has 0 aliphatic carbocycles. The number of alkyl carbamates (subject to hydrolysis) is 1. The lowest BCUT2D eigenvalue weighted by Crippen LogP contribution is -2.34. The lowest BCUT2D eigenvalue weighted by Gasteiger charge is -2.19. The van der Waals surface area contributed by atoms with Gasteiger partial charge in [0.1, 0.15) is 11.1 Å². The third-order valence-corrected chi connectivity index (χ3v) is 5.27. The van der Waals surface area contributed by atoms with Gasteiger partial charge in [-0.1, -0.05) is 18.2 Å². The van der Waals surface area contributed by atoms with Gasteiger partial charge in [-0.3, -0.25) is 4.68 Å². The SMILES string of the molecule is CC(C)(C)OC(=O)NCCn1cc2c(n1)c(N)nc1cc(-c3cccs3)ccc12. The van der Waals surface area contributed by atoms with Gasteiger partial charge < -0.3 is 15.8 Å². The van der Waals surface area contributed by atoms with Crippen molar-refractivity contribution >= 4 is 45.1 Å². The highest BCUT2D eigenvalue weighted by Crippen LogP contribution is 2.32. The second-order valence-corrected chi connectivity index (χ2v) is 8.74. The Labute approximate surface area is 172 Å². The average molecular weight is 410 g/mol. The van der Waals surface area contributed by atoms with Crippen LogP contribution in [0.2, 0.25) is 0 Å². The van der Waals surface area contributed by atoms with E-state index in [9.17, 15) is 4.79 Å². The smallest absolute Gasteiger partial charge is 0.407 e. The second-order valence-electron chi connectivity index (χ2n) is 7.79. The number of rotatable bonds is 4. The van der Waals surface area contributed by atoms with Gasteiger partial charge in [0.05, 0.1) is 12.1 Å². The minimum atomic E-state index is -0.522. The molecule has 3 N–H and O–H groups in total. The van der Waals surface area contributed by atoms with Crippen LogP contribution in [-0.4, -0.2) is 33.0 Å². The quantitative estimate of drug-likeness (QED) is 0.520. The van der Waals surface area contributed by atoms with Gasteiger partial charge in [-0.25, -0.2) is 9.78 Å². The Bertz CT molecular complexity index is 1180. The van der Waals surface area contributed by atoms with Crippen molar-refractivity contribution < 1.29 is 9.53 Å². The number of ether oxygens (including phenoxy) is 1. The Balaban J connectivity index is 1.57. The zero-order chi connectivity index (χ0) is 20.6. The van der Waals surface area contributed by atoms with E-state index in [1.165, 1.54) is 4.88 Å². The van der Waals surface area contributed by atoms with E-state index in [1.54, 1.807) is 16.0 Å². The van der Waals surface area contributed by atoms with Crippen LogP contribution in [0.5, 0.6) is 0 Å². The molecule has 7 nitrogen and oxygen atoms in total. The Morgan fingerprint density at radius 3 is 2.83 bits per heavy atom. The van der Waals surface area contributed by atoms with Crippen molar-refractivity contribution in [2.45, 2.75) is 32.9 Å². The largest absolute Gasteiger partial charge is 0.444 e. The zero-order valence-corrected chi connectivity index (χ0v) is 17.4. The first kappa shape index (κ1) is 19.2. The number of benzene rings is 1. The highest BCUT2D eigenvalue weighted by Gasteiger charge is 2.16. The number of carbonyl (C=O) groups excluding carboxylic acids is 1. The van der Waals surface area contributed by atoms with E-state index in [-0.39, 0.29) is 0 Å². The number of hydrogen-bond donors (Lipinski definition) is 2. The maximum atomic E-state index is 11.8. The standard InChI is InChI=1S/C21H23N5O2S/c1-21(2,3)28-20(27)23-8-9-26-12-15-14-7-6-13(17-5-4-10-29-17)11-16(14)24-19(22)18(15)25-26/h4-7,10-12H,8-9H2,1-3H3,(H2,22,24)(H,23,27). The number of hydrogen-bond acceptors (Lipinski definition) is 6. The molecule has 0 fully saturated rings. The number of nitrogen functional groups attached to an aromatic ring is 1. The fourth-order valence-electron chi connectivity index (χ4n) is 3.14. The molecule has 0 aliphatic rings. The summed E-state index contributed by atoms with van der Waals surface area (Å²) in [6.45, 7) is 6.39. The van der Waals surface area contributed by atoms with Gasteiger partial charge in [0.25, 0.3) is 0 Å². The van der Waals surface area contributed by atoms with Crippen molar-refractivity contribution in [3.63, 3.8) is 0 Å². The van der Waals surface area contributed by atoms with Crippen LogP contribution in [0.15, 0.2) is 41.9 Å².